The number of hydrogen-bond donors (Lipinski definition) is 4. The summed E-state index contributed by atoms with van der Waals surface area (Å²) in [5.74, 6) is -1.70. The second-order valence-electron chi connectivity index (χ2n) is 15.6. The molecule has 0 aliphatic carbocycles. The third-order valence-corrected chi connectivity index (χ3v) is 9.58. The molecule has 56 heavy (non-hydrogen) atoms. The summed E-state index contributed by atoms with van der Waals surface area (Å²) in [6.07, 6.45) is 3.30. The Morgan fingerprint density at radius 1 is 0.929 bits per heavy atom. The molecule has 316 valence electrons. The van der Waals surface area contributed by atoms with Crippen molar-refractivity contribution < 1.29 is 38.4 Å². The van der Waals surface area contributed by atoms with E-state index in [1.54, 1.807) is 6.92 Å². The minimum atomic E-state index is -0.944. The van der Waals surface area contributed by atoms with E-state index >= 15 is 0 Å². The van der Waals surface area contributed by atoms with Crippen molar-refractivity contribution in [1.82, 2.24) is 26.2 Å². The predicted molar refractivity (Wildman–Crippen MR) is 217 cm³/mol. The van der Waals surface area contributed by atoms with E-state index in [9.17, 15) is 34.1 Å². The summed E-state index contributed by atoms with van der Waals surface area (Å²) in [4.78, 5) is 77.6. The van der Waals surface area contributed by atoms with Crippen molar-refractivity contribution in [2.45, 2.75) is 118 Å². The number of esters is 1. The predicted octanol–water partition coefficient (Wildman–Crippen LogP) is 5.16. The van der Waals surface area contributed by atoms with Gasteiger partial charge in [-0.1, -0.05) is 27.4 Å². The molecule has 0 saturated heterocycles. The molecule has 0 spiro atoms. The number of aryl methyl sites for hydroxylation is 1. The van der Waals surface area contributed by atoms with Gasteiger partial charge in [0.15, 0.2) is 0 Å². The first kappa shape index (κ1) is 49.5. The van der Waals surface area contributed by atoms with E-state index in [-0.39, 0.29) is 59.3 Å². The van der Waals surface area contributed by atoms with Crippen LogP contribution in [-0.2, 0) is 35.1 Å². The monoisotopic (exact) mass is 789 g/mol. The number of hydrogen-bond acceptors (Lipinski definition) is 10. The van der Waals surface area contributed by atoms with E-state index < -0.39 is 34.2 Å². The quantitative estimate of drug-likeness (QED) is 0.0304. The van der Waals surface area contributed by atoms with Crippen LogP contribution in [0.2, 0.25) is 0 Å². The van der Waals surface area contributed by atoms with E-state index in [0.29, 0.717) is 69.5 Å². The molecule has 0 bridgehead atoms. The molecular formula is C41H68N6O9. The van der Waals surface area contributed by atoms with Crippen LogP contribution in [0.25, 0.3) is 0 Å². The molecule has 0 aliphatic rings. The Kier molecular flexibility index (Phi) is 22.0. The number of nitro benzene ring substituents is 1. The van der Waals surface area contributed by atoms with E-state index in [1.807, 2.05) is 53.6 Å². The van der Waals surface area contributed by atoms with Crippen molar-refractivity contribution in [2.75, 3.05) is 47.4 Å². The summed E-state index contributed by atoms with van der Waals surface area (Å²) in [7, 11) is 5.40. The molecule has 0 radical (unpaired) electrons. The summed E-state index contributed by atoms with van der Waals surface area (Å²) in [6, 6.07) is 2.91. The zero-order chi connectivity index (χ0) is 42.6. The zero-order valence-electron chi connectivity index (χ0n) is 35.4. The first-order valence-corrected chi connectivity index (χ1v) is 19.8. The van der Waals surface area contributed by atoms with E-state index in [0.717, 1.165) is 13.0 Å². The van der Waals surface area contributed by atoms with Gasteiger partial charge >= 0.3 is 5.97 Å². The van der Waals surface area contributed by atoms with Gasteiger partial charge in [-0.2, -0.15) is 0 Å². The van der Waals surface area contributed by atoms with Crippen LogP contribution in [0.15, 0.2) is 24.3 Å². The van der Waals surface area contributed by atoms with Gasteiger partial charge in [0.1, 0.15) is 11.9 Å². The number of methoxy groups -OCH3 is 1. The third-order valence-electron chi connectivity index (χ3n) is 9.58. The number of rotatable bonds is 27. The summed E-state index contributed by atoms with van der Waals surface area (Å²) < 4.78 is 10.8. The summed E-state index contributed by atoms with van der Waals surface area (Å²) in [5, 5.41) is 23.7. The Morgan fingerprint density at radius 2 is 1.57 bits per heavy atom. The highest BCUT2D eigenvalue weighted by atomic mass is 16.6. The number of unbranched alkanes of at least 4 members (excludes halogenated alkanes) is 1. The number of carbonyl (C=O) groups is 5. The van der Waals surface area contributed by atoms with Crippen LogP contribution in [0.1, 0.15) is 117 Å². The zero-order valence-corrected chi connectivity index (χ0v) is 35.4. The average Bonchev–Trinajstić information content (AvgIpc) is 3.12. The lowest BCUT2D eigenvalue weighted by Crippen LogP contribution is -2.46. The Bertz CT molecular complexity index is 1500. The normalized spacial score (nSPS) is 13.9. The molecule has 15 heteroatoms. The van der Waals surface area contributed by atoms with Crippen LogP contribution in [-0.4, -0.2) is 92.8 Å². The third kappa shape index (κ3) is 17.5. The van der Waals surface area contributed by atoms with Gasteiger partial charge in [0.2, 0.25) is 23.6 Å². The molecule has 4 N–H and O–H groups in total. The van der Waals surface area contributed by atoms with Gasteiger partial charge in [-0.3, -0.25) is 29.3 Å². The Labute approximate surface area is 333 Å². The van der Waals surface area contributed by atoms with Crippen LogP contribution in [0.4, 0.5) is 5.69 Å². The second-order valence-corrected chi connectivity index (χ2v) is 15.6. The maximum atomic E-state index is 13.6. The van der Waals surface area contributed by atoms with Crippen LogP contribution in [0.5, 0.6) is 5.75 Å². The fourth-order valence-corrected chi connectivity index (χ4v) is 6.42. The van der Waals surface area contributed by atoms with Crippen molar-refractivity contribution in [3.05, 3.63) is 45.5 Å². The largest absolute Gasteiger partial charge is 0.496 e. The number of nitro groups is 1. The maximum absolute atomic E-state index is 13.6. The molecule has 0 saturated carbocycles. The molecule has 4 amide bonds. The molecule has 1 aromatic rings. The molecule has 0 aromatic heterocycles. The number of carbonyl (C=O) groups excluding carboxylic acids is 5. The maximum Gasteiger partial charge on any atom is 0.333 e. The van der Waals surface area contributed by atoms with Gasteiger partial charge < -0.3 is 35.6 Å². The molecular weight excluding hydrogens is 720 g/mol. The summed E-state index contributed by atoms with van der Waals surface area (Å²) >= 11 is 0. The smallest absolute Gasteiger partial charge is 0.333 e. The van der Waals surface area contributed by atoms with Crippen LogP contribution in [0.3, 0.4) is 0 Å². The van der Waals surface area contributed by atoms with E-state index in [2.05, 4.69) is 27.8 Å². The molecule has 0 fully saturated rings. The van der Waals surface area contributed by atoms with Crippen molar-refractivity contribution in [1.29, 1.82) is 0 Å². The fraction of sp³-hybridized carbons (Fsp3) is 0.683. The standard InChI is InChI=1S/C41H68N6O9/c1-12-31(26-41(8,25-29(6)37(49)45-28(4)5)40(52)44-21-16-22-46(9)10)38(50)43-20-15-19-42-36(48)18-14-13-17-32-23-34(47(53)54)33(24-35(32)55-11)30(7)56-39(51)27(2)3/h23-24,28-31H,2,12-22,25-26H2,1,3-11H3,(H,42,48)(H,43,50)(H,44,52)(H,45,49). The van der Waals surface area contributed by atoms with Gasteiger partial charge in [0, 0.05) is 66.6 Å². The SMILES string of the molecule is C=C(C)C(=O)OC(C)c1cc(OC)c(CCCCC(=O)NCCCNC(=O)C(CC)CC(C)(CC(C)C(=O)NC(C)C)C(=O)NCCCN(C)C)cc1[N+](=O)[O-]. The summed E-state index contributed by atoms with van der Waals surface area (Å²) in [6.45, 7) is 17.9. The van der Waals surface area contributed by atoms with E-state index in [4.69, 9.17) is 9.47 Å². The highest BCUT2D eigenvalue weighted by molar-refractivity contribution is 5.87. The molecule has 0 heterocycles. The lowest BCUT2D eigenvalue weighted by molar-refractivity contribution is -0.386. The van der Waals surface area contributed by atoms with Gasteiger partial charge in [-0.25, -0.2) is 4.79 Å². The minimum Gasteiger partial charge on any atom is -0.496 e. The lowest BCUT2D eigenvalue weighted by atomic mass is 9.73. The molecule has 0 aliphatic heterocycles. The van der Waals surface area contributed by atoms with Crippen molar-refractivity contribution in [2.24, 2.45) is 17.3 Å². The minimum absolute atomic E-state index is 0.0273. The number of nitrogens with one attached hydrogen (secondary N) is 4. The highest BCUT2D eigenvalue weighted by Gasteiger charge is 2.39. The Morgan fingerprint density at radius 3 is 2.14 bits per heavy atom. The topological polar surface area (TPSA) is 198 Å². The lowest BCUT2D eigenvalue weighted by Gasteiger charge is -2.33. The number of benzene rings is 1. The van der Waals surface area contributed by atoms with Crippen LogP contribution >= 0.6 is 0 Å². The molecule has 4 unspecified atom stereocenters. The van der Waals surface area contributed by atoms with Crippen molar-refractivity contribution in [3.63, 3.8) is 0 Å². The van der Waals surface area contributed by atoms with Crippen molar-refractivity contribution >= 4 is 35.3 Å². The first-order chi connectivity index (χ1) is 26.3. The van der Waals surface area contributed by atoms with Crippen LogP contribution in [0, 0.1) is 27.4 Å². The van der Waals surface area contributed by atoms with E-state index in [1.165, 1.54) is 26.2 Å². The van der Waals surface area contributed by atoms with Gasteiger partial charge in [-0.15, -0.1) is 0 Å². The number of ether oxygens (including phenoxy) is 2. The Balaban J connectivity index is 2.69. The fourth-order valence-electron chi connectivity index (χ4n) is 6.42. The van der Waals surface area contributed by atoms with Crippen molar-refractivity contribution in [3.8, 4) is 5.75 Å². The molecule has 1 aromatic carbocycles. The van der Waals surface area contributed by atoms with Gasteiger partial charge in [0.05, 0.1) is 17.6 Å². The van der Waals surface area contributed by atoms with Gasteiger partial charge in [0.25, 0.3) is 5.69 Å². The summed E-state index contributed by atoms with van der Waals surface area (Å²) in [5.41, 5.74) is -0.142. The molecule has 4 atom stereocenters. The first-order valence-electron chi connectivity index (χ1n) is 19.8. The molecule has 15 nitrogen and oxygen atoms in total. The highest BCUT2D eigenvalue weighted by Crippen LogP contribution is 2.36. The number of amides is 4. The second kappa shape index (κ2) is 24.9. The average molecular weight is 789 g/mol. The van der Waals surface area contributed by atoms with Crippen LogP contribution < -0.4 is 26.0 Å². The number of nitrogens with zero attached hydrogens (tertiary/aromatic N) is 2. The van der Waals surface area contributed by atoms with Gasteiger partial charge in [-0.05, 0) is 106 Å². The Hall–Kier alpha value is -4.53. The molecule has 1 rings (SSSR count).